The molecule has 7 heteroatoms. The van der Waals surface area contributed by atoms with Crippen molar-refractivity contribution >= 4 is 28.5 Å². The number of hydrogen-bond acceptors (Lipinski definition) is 5. The van der Waals surface area contributed by atoms with Crippen molar-refractivity contribution in [1.82, 2.24) is 14.8 Å². The molecule has 0 saturated carbocycles. The second-order valence-corrected chi connectivity index (χ2v) is 5.54. The van der Waals surface area contributed by atoms with Crippen molar-refractivity contribution < 1.29 is 9.53 Å². The van der Waals surface area contributed by atoms with Gasteiger partial charge in [0.1, 0.15) is 11.8 Å². The van der Waals surface area contributed by atoms with Gasteiger partial charge in [-0.1, -0.05) is 29.8 Å². The van der Waals surface area contributed by atoms with Crippen molar-refractivity contribution in [2.75, 3.05) is 0 Å². The molecule has 24 heavy (non-hydrogen) atoms. The van der Waals surface area contributed by atoms with Crippen LogP contribution in [-0.2, 0) is 22.7 Å². The molecule has 122 valence electrons. The third-order valence-corrected chi connectivity index (χ3v) is 3.70. The van der Waals surface area contributed by atoms with Gasteiger partial charge in [0.2, 0.25) is 5.43 Å². The molecule has 0 radical (unpaired) electrons. The molecular weight excluding hydrogens is 330 g/mol. The fourth-order valence-electron chi connectivity index (χ4n) is 2.26. The fraction of sp³-hybridized carbons (Fsp3) is 0.176. The summed E-state index contributed by atoms with van der Waals surface area (Å²) < 4.78 is 6.83. The monoisotopic (exact) mass is 343 g/mol. The van der Waals surface area contributed by atoms with Crippen LogP contribution in [-0.4, -0.2) is 20.7 Å². The lowest BCUT2D eigenvalue weighted by Gasteiger charge is -2.09. The highest BCUT2D eigenvalue weighted by molar-refractivity contribution is 6.29. The van der Waals surface area contributed by atoms with Crippen molar-refractivity contribution in [2.24, 2.45) is 0 Å². The van der Waals surface area contributed by atoms with E-state index < -0.39 is 0 Å². The molecule has 6 nitrogen and oxygen atoms in total. The number of benzene rings is 1. The zero-order valence-corrected chi connectivity index (χ0v) is 13.4. The molecule has 0 bridgehead atoms. The van der Waals surface area contributed by atoms with Crippen LogP contribution in [0.15, 0.2) is 53.6 Å². The van der Waals surface area contributed by atoms with Crippen molar-refractivity contribution in [2.45, 2.75) is 19.6 Å². The van der Waals surface area contributed by atoms with Crippen molar-refractivity contribution in [3.05, 3.63) is 69.7 Å². The number of aromatic nitrogens is 3. The van der Waals surface area contributed by atoms with Gasteiger partial charge in [-0.2, -0.15) is 5.10 Å². The number of fused-ring (bicyclic) bond motifs is 1. The molecule has 1 aromatic carbocycles. The average Bonchev–Trinajstić information content (AvgIpc) is 2.61. The van der Waals surface area contributed by atoms with Gasteiger partial charge in [-0.15, -0.1) is 0 Å². The van der Waals surface area contributed by atoms with Crippen LogP contribution in [0.1, 0.15) is 12.0 Å². The van der Waals surface area contributed by atoms with E-state index in [-0.39, 0.29) is 24.4 Å². The largest absolute Gasteiger partial charge is 0.461 e. The maximum absolute atomic E-state index is 11.9. The molecule has 0 aliphatic rings. The van der Waals surface area contributed by atoms with E-state index in [1.54, 1.807) is 41.2 Å². The lowest BCUT2D eigenvalue weighted by atomic mass is 10.2. The number of para-hydroxylation sites is 1. The summed E-state index contributed by atoms with van der Waals surface area (Å²) >= 11 is 5.70. The summed E-state index contributed by atoms with van der Waals surface area (Å²) in [5.74, 6) is -0.352. The van der Waals surface area contributed by atoms with Crippen LogP contribution in [0.2, 0.25) is 5.15 Å². The molecule has 2 aromatic heterocycles. The van der Waals surface area contributed by atoms with Crippen molar-refractivity contribution in [3.63, 3.8) is 0 Å². The van der Waals surface area contributed by atoms with Crippen LogP contribution in [0.25, 0.3) is 10.9 Å². The molecule has 3 aromatic rings. The molecule has 0 spiro atoms. The molecule has 0 unspecified atom stereocenters. The van der Waals surface area contributed by atoms with Gasteiger partial charge in [-0.05, 0) is 18.2 Å². The molecule has 0 saturated heterocycles. The average molecular weight is 344 g/mol. The quantitative estimate of drug-likeness (QED) is 0.526. The van der Waals surface area contributed by atoms with E-state index in [0.717, 1.165) is 5.56 Å². The molecule has 3 rings (SSSR count). The van der Waals surface area contributed by atoms with Gasteiger partial charge in [0.25, 0.3) is 0 Å². The minimum Gasteiger partial charge on any atom is -0.461 e. The highest BCUT2D eigenvalue weighted by atomic mass is 35.5. The number of halogens is 1. The Hall–Kier alpha value is -2.73. The van der Waals surface area contributed by atoms with Gasteiger partial charge in [-0.25, -0.2) is 4.98 Å². The van der Waals surface area contributed by atoms with E-state index in [1.165, 1.54) is 6.20 Å². The van der Waals surface area contributed by atoms with E-state index in [4.69, 9.17) is 16.3 Å². The third kappa shape index (κ3) is 3.78. The second kappa shape index (κ2) is 7.23. The number of rotatable bonds is 5. The predicted molar refractivity (Wildman–Crippen MR) is 89.7 cm³/mol. The Morgan fingerprint density at radius 2 is 2.00 bits per heavy atom. The number of carbonyl (C=O) groups excluding carboxylic acids is 1. The zero-order valence-electron chi connectivity index (χ0n) is 12.7. The number of esters is 1. The van der Waals surface area contributed by atoms with Crippen LogP contribution >= 0.6 is 11.6 Å². The highest BCUT2D eigenvalue weighted by Gasteiger charge is 2.08. The number of ether oxygens (including phenoxy) is 1. The van der Waals surface area contributed by atoms with Crippen molar-refractivity contribution in [3.8, 4) is 0 Å². The molecule has 2 heterocycles. The van der Waals surface area contributed by atoms with Gasteiger partial charge in [0.15, 0.2) is 0 Å². The van der Waals surface area contributed by atoms with Crippen molar-refractivity contribution in [1.29, 1.82) is 0 Å². The fourth-order valence-corrected chi connectivity index (χ4v) is 2.38. The molecule has 0 aliphatic heterocycles. The first-order valence-electron chi connectivity index (χ1n) is 7.34. The highest BCUT2D eigenvalue weighted by Crippen LogP contribution is 2.09. The molecular formula is C17H14ClN3O3. The van der Waals surface area contributed by atoms with Crippen LogP contribution in [0.4, 0.5) is 0 Å². The van der Waals surface area contributed by atoms with Gasteiger partial charge in [0, 0.05) is 17.1 Å². The van der Waals surface area contributed by atoms with Gasteiger partial charge in [0.05, 0.1) is 24.7 Å². The third-order valence-electron chi connectivity index (χ3n) is 3.48. The Balaban J connectivity index is 1.61. The summed E-state index contributed by atoms with van der Waals surface area (Å²) in [5, 5.41) is 5.05. The predicted octanol–water partition coefficient (Wildman–Crippen LogP) is 2.58. The number of carbonyl (C=O) groups is 1. The lowest BCUT2D eigenvalue weighted by Crippen LogP contribution is -2.15. The first-order chi connectivity index (χ1) is 11.6. The number of aryl methyl sites for hydroxylation is 1. The second-order valence-electron chi connectivity index (χ2n) is 5.15. The molecule has 0 aliphatic carbocycles. The van der Waals surface area contributed by atoms with Gasteiger partial charge < -0.3 is 4.74 Å². The normalized spacial score (nSPS) is 10.7. The summed E-state index contributed by atoms with van der Waals surface area (Å²) in [6.45, 7) is 0.472. The number of hydrogen-bond donors (Lipinski definition) is 0. The summed E-state index contributed by atoms with van der Waals surface area (Å²) in [6, 6.07) is 10.5. The van der Waals surface area contributed by atoms with Crippen LogP contribution < -0.4 is 5.43 Å². The Kier molecular flexibility index (Phi) is 4.86. The first kappa shape index (κ1) is 16.1. The van der Waals surface area contributed by atoms with Crippen LogP contribution in [0.3, 0.4) is 0 Å². The van der Waals surface area contributed by atoms with Gasteiger partial charge >= 0.3 is 5.97 Å². The Labute approximate surface area is 142 Å². The molecule has 0 amide bonds. The summed E-state index contributed by atoms with van der Waals surface area (Å²) in [7, 11) is 0. The van der Waals surface area contributed by atoms with Crippen LogP contribution in [0, 0.1) is 0 Å². The standard InChI is InChI=1S/C17H14ClN3O3/c18-16-6-5-12(9-19-16)11-24-17(23)7-8-21-14-4-2-1-3-13(14)15(22)10-20-21/h1-6,9-10H,7-8,11H2. The van der Waals surface area contributed by atoms with E-state index in [0.29, 0.717) is 22.6 Å². The van der Waals surface area contributed by atoms with E-state index >= 15 is 0 Å². The molecule has 0 fully saturated rings. The van der Waals surface area contributed by atoms with Crippen LogP contribution in [0.5, 0.6) is 0 Å². The minimum atomic E-state index is -0.352. The lowest BCUT2D eigenvalue weighted by molar-refractivity contribution is -0.145. The molecule has 0 N–H and O–H groups in total. The Morgan fingerprint density at radius 3 is 2.79 bits per heavy atom. The topological polar surface area (TPSA) is 74.1 Å². The number of nitrogens with zero attached hydrogens (tertiary/aromatic N) is 3. The summed E-state index contributed by atoms with van der Waals surface area (Å²) in [6.07, 6.45) is 2.97. The van der Waals surface area contributed by atoms with E-state index in [9.17, 15) is 9.59 Å². The smallest absolute Gasteiger partial charge is 0.308 e. The molecule has 0 atom stereocenters. The summed E-state index contributed by atoms with van der Waals surface area (Å²) in [4.78, 5) is 27.6. The maximum atomic E-state index is 11.9. The first-order valence-corrected chi connectivity index (χ1v) is 7.72. The zero-order chi connectivity index (χ0) is 16.9. The SMILES string of the molecule is O=C(CCn1ncc(=O)c2ccccc21)OCc1ccc(Cl)nc1. The van der Waals surface area contributed by atoms with Gasteiger partial charge in [-0.3, -0.25) is 14.3 Å². The Morgan fingerprint density at radius 1 is 1.17 bits per heavy atom. The van der Waals surface area contributed by atoms with E-state index in [1.807, 2.05) is 6.07 Å². The minimum absolute atomic E-state index is 0.139. The number of pyridine rings is 1. The summed E-state index contributed by atoms with van der Waals surface area (Å²) in [5.41, 5.74) is 1.32. The van der Waals surface area contributed by atoms with E-state index in [2.05, 4.69) is 10.1 Å². The maximum Gasteiger partial charge on any atom is 0.308 e. The Bertz CT molecular complexity index is 922.